The summed E-state index contributed by atoms with van der Waals surface area (Å²) in [5.41, 5.74) is 1.15. The summed E-state index contributed by atoms with van der Waals surface area (Å²) in [6, 6.07) is 13.8. The molecule has 1 heterocycles. The lowest BCUT2D eigenvalue weighted by Gasteiger charge is -2.02. The molecule has 4 heteroatoms. The summed E-state index contributed by atoms with van der Waals surface area (Å²) in [5, 5.41) is 0. The van der Waals surface area contributed by atoms with Gasteiger partial charge in [-0.25, -0.2) is 0 Å². The van der Waals surface area contributed by atoms with E-state index in [1.807, 2.05) is 0 Å². The van der Waals surface area contributed by atoms with Crippen LogP contribution in [0.3, 0.4) is 0 Å². The van der Waals surface area contributed by atoms with Gasteiger partial charge < -0.3 is 9.47 Å². The molecular weight excluding hydrogens is 256 g/mol. The molecule has 0 N–H and O–H groups in total. The summed E-state index contributed by atoms with van der Waals surface area (Å²) in [7, 11) is 0. The van der Waals surface area contributed by atoms with Crippen molar-refractivity contribution in [1.29, 1.82) is 0 Å². The third kappa shape index (κ3) is 2.40. The first-order chi connectivity index (χ1) is 9.74. The number of benzene rings is 2. The van der Waals surface area contributed by atoms with Crippen LogP contribution in [0.15, 0.2) is 48.5 Å². The fourth-order valence-electron chi connectivity index (χ4n) is 2.07. The summed E-state index contributed by atoms with van der Waals surface area (Å²) in [4.78, 5) is 24.0. The van der Waals surface area contributed by atoms with Gasteiger partial charge in [-0.15, -0.1) is 0 Å². The maximum atomic E-state index is 12.0. The first-order valence-corrected chi connectivity index (χ1v) is 6.25. The van der Waals surface area contributed by atoms with Crippen molar-refractivity contribution < 1.29 is 19.1 Å². The van der Waals surface area contributed by atoms with Crippen LogP contribution in [0.5, 0.6) is 11.5 Å². The Morgan fingerprint density at radius 1 is 0.950 bits per heavy atom. The van der Waals surface area contributed by atoms with Gasteiger partial charge in [0.1, 0.15) is 0 Å². The van der Waals surface area contributed by atoms with E-state index in [0.29, 0.717) is 17.1 Å². The van der Waals surface area contributed by atoms with Crippen LogP contribution in [-0.4, -0.2) is 18.4 Å². The van der Waals surface area contributed by atoms with E-state index in [1.54, 1.807) is 48.5 Å². The molecule has 2 aromatic rings. The molecule has 0 saturated heterocycles. The van der Waals surface area contributed by atoms with Crippen molar-refractivity contribution in [3.8, 4) is 11.5 Å². The van der Waals surface area contributed by atoms with Crippen molar-refractivity contribution in [1.82, 2.24) is 0 Å². The molecule has 0 radical (unpaired) electrons. The van der Waals surface area contributed by atoms with Crippen LogP contribution in [0.4, 0.5) is 0 Å². The molecule has 0 aliphatic carbocycles. The van der Waals surface area contributed by atoms with Gasteiger partial charge in [0.15, 0.2) is 11.5 Å². The highest BCUT2D eigenvalue weighted by Gasteiger charge is 2.18. The Morgan fingerprint density at radius 3 is 2.50 bits per heavy atom. The van der Waals surface area contributed by atoms with Gasteiger partial charge in [0.2, 0.25) is 18.4 Å². The minimum Gasteiger partial charge on any atom is -0.454 e. The smallest absolute Gasteiger partial charge is 0.231 e. The number of hydrogen-bond donors (Lipinski definition) is 0. The van der Waals surface area contributed by atoms with Gasteiger partial charge in [-0.05, 0) is 17.7 Å². The second-order valence-electron chi connectivity index (χ2n) is 4.48. The normalized spacial score (nSPS) is 12.2. The van der Waals surface area contributed by atoms with Gasteiger partial charge >= 0.3 is 0 Å². The van der Waals surface area contributed by atoms with Crippen LogP contribution in [0.1, 0.15) is 15.9 Å². The Balaban J connectivity index is 1.75. The van der Waals surface area contributed by atoms with E-state index in [-0.39, 0.29) is 13.2 Å². The molecule has 0 unspecified atom stereocenters. The van der Waals surface area contributed by atoms with Crippen molar-refractivity contribution in [2.24, 2.45) is 0 Å². The largest absolute Gasteiger partial charge is 0.454 e. The van der Waals surface area contributed by atoms with Crippen molar-refractivity contribution in [3.63, 3.8) is 0 Å². The number of Topliss-reactive ketones (excluding diaryl/α,β-unsaturated/α-hetero) is 2. The van der Waals surface area contributed by atoms with Crippen LogP contribution in [0.25, 0.3) is 0 Å². The minimum atomic E-state index is -0.469. The number of rotatable bonds is 4. The summed E-state index contributed by atoms with van der Waals surface area (Å²) >= 11 is 0. The lowest BCUT2D eigenvalue weighted by atomic mass is 10.0. The van der Waals surface area contributed by atoms with Gasteiger partial charge in [0.25, 0.3) is 0 Å². The quantitative estimate of drug-likeness (QED) is 0.631. The number of hydrogen-bond acceptors (Lipinski definition) is 4. The third-order valence-corrected chi connectivity index (χ3v) is 3.09. The second-order valence-corrected chi connectivity index (χ2v) is 4.48. The molecule has 100 valence electrons. The molecule has 1 aliphatic rings. The lowest BCUT2D eigenvalue weighted by molar-refractivity contribution is -0.114. The zero-order valence-electron chi connectivity index (χ0n) is 10.7. The maximum absolute atomic E-state index is 12.0. The summed E-state index contributed by atoms with van der Waals surface area (Å²) in [6.07, 6.45) is 0.0599. The van der Waals surface area contributed by atoms with Gasteiger partial charge in [-0.2, -0.15) is 0 Å². The predicted octanol–water partition coefficient (Wildman–Crippen LogP) is 2.41. The fraction of sp³-hybridized carbons (Fsp3) is 0.125. The number of ether oxygens (including phenoxy) is 2. The van der Waals surface area contributed by atoms with E-state index in [4.69, 9.17) is 9.47 Å². The van der Waals surface area contributed by atoms with E-state index in [9.17, 15) is 9.59 Å². The zero-order valence-corrected chi connectivity index (χ0v) is 10.7. The van der Waals surface area contributed by atoms with Crippen molar-refractivity contribution in [2.45, 2.75) is 6.42 Å². The molecule has 2 aromatic carbocycles. The van der Waals surface area contributed by atoms with Crippen LogP contribution in [-0.2, 0) is 11.2 Å². The monoisotopic (exact) mass is 268 g/mol. The third-order valence-electron chi connectivity index (χ3n) is 3.09. The highest BCUT2D eigenvalue weighted by molar-refractivity contribution is 6.44. The van der Waals surface area contributed by atoms with E-state index in [1.165, 1.54) is 0 Å². The highest BCUT2D eigenvalue weighted by Crippen LogP contribution is 2.32. The Bertz CT molecular complexity index is 661. The Labute approximate surface area is 115 Å². The SMILES string of the molecule is O=C(Cc1ccc2c(c1)OCO2)C(=O)c1ccccc1. The van der Waals surface area contributed by atoms with Crippen LogP contribution in [0.2, 0.25) is 0 Å². The van der Waals surface area contributed by atoms with Crippen LogP contribution >= 0.6 is 0 Å². The average molecular weight is 268 g/mol. The van der Waals surface area contributed by atoms with E-state index >= 15 is 0 Å². The fourth-order valence-corrected chi connectivity index (χ4v) is 2.07. The molecule has 4 nitrogen and oxygen atoms in total. The number of ketones is 2. The van der Waals surface area contributed by atoms with Crippen LogP contribution in [0, 0.1) is 0 Å². The molecule has 1 aliphatic heterocycles. The van der Waals surface area contributed by atoms with E-state index in [2.05, 4.69) is 0 Å². The van der Waals surface area contributed by atoms with Gasteiger partial charge in [0.05, 0.1) is 0 Å². The minimum absolute atomic E-state index is 0.0599. The molecule has 0 atom stereocenters. The summed E-state index contributed by atoms with van der Waals surface area (Å²) in [6.45, 7) is 0.190. The zero-order chi connectivity index (χ0) is 13.9. The molecule has 0 aromatic heterocycles. The van der Waals surface area contributed by atoms with Crippen molar-refractivity contribution in [3.05, 3.63) is 59.7 Å². The molecule has 0 amide bonds. The molecule has 3 rings (SSSR count). The molecule has 0 bridgehead atoms. The van der Waals surface area contributed by atoms with Gasteiger partial charge in [0, 0.05) is 12.0 Å². The topological polar surface area (TPSA) is 52.6 Å². The molecule has 20 heavy (non-hydrogen) atoms. The maximum Gasteiger partial charge on any atom is 0.231 e. The van der Waals surface area contributed by atoms with Gasteiger partial charge in [-0.3, -0.25) is 9.59 Å². The molecule has 0 saturated carbocycles. The Hall–Kier alpha value is -2.62. The Morgan fingerprint density at radius 2 is 1.70 bits per heavy atom. The highest BCUT2D eigenvalue weighted by atomic mass is 16.7. The number of fused-ring (bicyclic) bond motifs is 1. The summed E-state index contributed by atoms with van der Waals surface area (Å²) < 4.78 is 10.4. The van der Waals surface area contributed by atoms with Crippen LogP contribution < -0.4 is 9.47 Å². The predicted molar refractivity (Wildman–Crippen MR) is 72.0 cm³/mol. The molecular formula is C16H12O4. The number of carbonyl (C=O) groups is 2. The molecule has 0 spiro atoms. The lowest BCUT2D eigenvalue weighted by Crippen LogP contribution is -2.16. The standard InChI is InChI=1S/C16H12O4/c17-13(16(18)12-4-2-1-3-5-12)8-11-6-7-14-15(9-11)20-10-19-14/h1-7,9H,8,10H2. The van der Waals surface area contributed by atoms with E-state index in [0.717, 1.165) is 5.56 Å². The molecule has 0 fully saturated rings. The average Bonchev–Trinajstić information content (AvgIpc) is 2.95. The van der Waals surface area contributed by atoms with Crippen molar-refractivity contribution in [2.75, 3.05) is 6.79 Å². The van der Waals surface area contributed by atoms with Crippen molar-refractivity contribution >= 4 is 11.6 Å². The Kier molecular flexibility index (Phi) is 3.21. The van der Waals surface area contributed by atoms with E-state index < -0.39 is 11.6 Å². The first-order valence-electron chi connectivity index (χ1n) is 6.25. The second kappa shape index (κ2) is 5.17. The van der Waals surface area contributed by atoms with Gasteiger partial charge in [-0.1, -0.05) is 36.4 Å². The summed E-state index contributed by atoms with van der Waals surface area (Å²) in [5.74, 6) is 0.372. The first kappa shape index (κ1) is 12.4. The number of carbonyl (C=O) groups excluding carboxylic acids is 2.